The molecule has 10 aromatic carbocycles. The summed E-state index contributed by atoms with van der Waals surface area (Å²) in [6, 6.07) is 77.0. The Kier molecular flexibility index (Phi) is 9.13. The first-order valence-corrected chi connectivity index (χ1v) is 25.3. The molecule has 340 valence electrons. The van der Waals surface area contributed by atoms with Crippen molar-refractivity contribution in [1.82, 2.24) is 0 Å². The van der Waals surface area contributed by atoms with Crippen LogP contribution in [0.4, 0.5) is 17.1 Å². The van der Waals surface area contributed by atoms with E-state index in [2.05, 4.69) is 254 Å². The van der Waals surface area contributed by atoms with Crippen LogP contribution in [-0.4, -0.2) is 0 Å². The predicted molar refractivity (Wildman–Crippen MR) is 296 cm³/mol. The van der Waals surface area contributed by atoms with Crippen molar-refractivity contribution in [3.63, 3.8) is 0 Å². The van der Waals surface area contributed by atoms with Crippen molar-refractivity contribution >= 4 is 38.6 Å². The average Bonchev–Trinajstić information content (AvgIpc) is 3.91. The molecule has 1 aliphatic heterocycles. The molecule has 4 aliphatic carbocycles. The number of allylic oxidation sites excluding steroid dienone is 8. The van der Waals surface area contributed by atoms with E-state index in [0.29, 0.717) is 17.6 Å². The Labute approximate surface area is 419 Å². The lowest BCUT2D eigenvalue weighted by Crippen LogP contribution is -2.34. The Morgan fingerprint density at radius 1 is 0.417 bits per heavy atom. The summed E-state index contributed by atoms with van der Waals surface area (Å²) >= 11 is 0. The molecule has 0 N–H and O–H groups in total. The van der Waals surface area contributed by atoms with Crippen LogP contribution in [0.25, 0.3) is 66.1 Å². The summed E-state index contributed by atoms with van der Waals surface area (Å²) in [6.45, 7) is 0. The van der Waals surface area contributed by atoms with Crippen molar-refractivity contribution in [2.24, 2.45) is 11.8 Å². The van der Waals surface area contributed by atoms with Gasteiger partial charge in [0.1, 0.15) is 0 Å². The highest BCUT2D eigenvalue weighted by molar-refractivity contribution is 5.98. The molecule has 0 radical (unpaired) electrons. The van der Waals surface area contributed by atoms with Gasteiger partial charge in [0.05, 0.1) is 5.41 Å². The molecule has 0 amide bonds. The van der Waals surface area contributed by atoms with Gasteiger partial charge in [0.2, 0.25) is 0 Å². The Morgan fingerprint density at radius 2 is 0.958 bits per heavy atom. The summed E-state index contributed by atoms with van der Waals surface area (Å²) in [5.41, 5.74) is 18.2. The van der Waals surface area contributed by atoms with Crippen LogP contribution in [-0.2, 0) is 5.41 Å². The number of ether oxygens (including phenoxy) is 2. The molecule has 0 aromatic heterocycles. The molecular formula is C69H47NO2. The van der Waals surface area contributed by atoms with Gasteiger partial charge in [-0.15, -0.1) is 0 Å². The molecule has 3 atom stereocenters. The minimum absolute atomic E-state index is 0.281. The molecule has 0 bridgehead atoms. The first kappa shape index (κ1) is 40.9. The molecule has 1 spiro atoms. The van der Waals surface area contributed by atoms with Crippen LogP contribution in [0.3, 0.4) is 0 Å². The minimum atomic E-state index is -0.281. The van der Waals surface area contributed by atoms with Crippen LogP contribution >= 0.6 is 0 Å². The first-order chi connectivity index (χ1) is 35.7. The molecule has 10 aromatic rings. The highest BCUT2D eigenvalue weighted by atomic mass is 16.6. The second-order valence-electron chi connectivity index (χ2n) is 19.8. The number of anilines is 3. The highest BCUT2D eigenvalue weighted by Crippen LogP contribution is 2.67. The van der Waals surface area contributed by atoms with E-state index in [1.54, 1.807) is 5.57 Å². The maximum Gasteiger partial charge on any atom is 0.170 e. The average molecular weight is 922 g/mol. The van der Waals surface area contributed by atoms with E-state index >= 15 is 0 Å². The molecule has 0 fully saturated rings. The van der Waals surface area contributed by atoms with Crippen LogP contribution in [0.15, 0.2) is 260 Å². The maximum absolute atomic E-state index is 6.87. The smallest absolute Gasteiger partial charge is 0.170 e. The lowest BCUT2D eigenvalue weighted by Gasteiger charge is -2.37. The zero-order chi connectivity index (χ0) is 47.3. The third-order valence-corrected chi connectivity index (χ3v) is 16.1. The summed E-state index contributed by atoms with van der Waals surface area (Å²) in [4.78, 5) is 2.35. The van der Waals surface area contributed by atoms with Gasteiger partial charge < -0.3 is 14.4 Å². The second kappa shape index (κ2) is 16.1. The van der Waals surface area contributed by atoms with Crippen molar-refractivity contribution < 1.29 is 9.47 Å². The Balaban J connectivity index is 0.769. The van der Waals surface area contributed by atoms with Gasteiger partial charge in [-0.25, -0.2) is 0 Å². The van der Waals surface area contributed by atoms with Gasteiger partial charge >= 0.3 is 0 Å². The van der Waals surface area contributed by atoms with Gasteiger partial charge in [-0.2, -0.15) is 0 Å². The zero-order valence-electron chi connectivity index (χ0n) is 39.5. The van der Waals surface area contributed by atoms with Gasteiger partial charge in [-0.1, -0.05) is 194 Å². The van der Waals surface area contributed by atoms with Crippen LogP contribution in [0.1, 0.15) is 24.0 Å². The fourth-order valence-electron chi connectivity index (χ4n) is 12.9. The van der Waals surface area contributed by atoms with Crippen molar-refractivity contribution in [1.29, 1.82) is 0 Å². The Morgan fingerprint density at radius 3 is 1.65 bits per heavy atom. The predicted octanol–water partition coefficient (Wildman–Crippen LogP) is 18.6. The molecule has 5 aliphatic rings. The Bertz CT molecular complexity index is 3850. The zero-order valence-corrected chi connectivity index (χ0v) is 39.5. The maximum atomic E-state index is 6.87. The number of hydrogen-bond donors (Lipinski definition) is 0. The molecule has 3 heteroatoms. The topological polar surface area (TPSA) is 21.7 Å². The molecule has 3 unspecified atom stereocenters. The third kappa shape index (κ3) is 6.17. The van der Waals surface area contributed by atoms with E-state index in [4.69, 9.17) is 9.47 Å². The lowest BCUT2D eigenvalue weighted by atomic mass is 9.64. The molecular weight excluding hydrogens is 875 g/mol. The van der Waals surface area contributed by atoms with Crippen molar-refractivity contribution in [2.45, 2.75) is 18.3 Å². The van der Waals surface area contributed by atoms with Gasteiger partial charge in [-0.3, -0.25) is 0 Å². The molecule has 3 nitrogen and oxygen atoms in total. The van der Waals surface area contributed by atoms with Crippen LogP contribution in [0.5, 0.6) is 23.0 Å². The molecule has 0 saturated carbocycles. The Hall–Kier alpha value is -8.92. The molecule has 15 rings (SSSR count). The molecule has 72 heavy (non-hydrogen) atoms. The summed E-state index contributed by atoms with van der Waals surface area (Å²) in [6.07, 6.45) is 16.4. The number of nitrogens with zero attached hydrogens (tertiary/aromatic N) is 1. The lowest BCUT2D eigenvalue weighted by molar-refractivity contribution is 0.357. The van der Waals surface area contributed by atoms with Crippen LogP contribution in [0, 0.1) is 11.8 Å². The fourth-order valence-corrected chi connectivity index (χ4v) is 12.9. The number of benzene rings is 10. The van der Waals surface area contributed by atoms with E-state index in [1.807, 2.05) is 0 Å². The number of hydrogen-bond acceptors (Lipinski definition) is 3. The standard InChI is InChI=1S/C69H47NO2/c1-3-17-53-45(13-1)15-11-22-55(53)47-29-36-51(37-30-47)70(52-38-31-48(32-39-52)56-23-12-16-46-14-2-4-18-54(46)56)50-34-27-44(28-35-50)49-33-40-65-66(41-49)72-67-42-60-59-21-7-10-26-63(59)69(64(60)43-68(67)71-65)61-24-8-5-19-57(61)58-20-6-9-25-62(58)69/h1-5,7-19,21-43,57,61H,6,20H2. The van der Waals surface area contributed by atoms with Crippen molar-refractivity contribution in [3.8, 4) is 67.5 Å². The van der Waals surface area contributed by atoms with Gasteiger partial charge in [0.25, 0.3) is 0 Å². The van der Waals surface area contributed by atoms with E-state index in [9.17, 15) is 0 Å². The van der Waals surface area contributed by atoms with E-state index < -0.39 is 0 Å². The van der Waals surface area contributed by atoms with E-state index in [1.165, 1.54) is 71.6 Å². The van der Waals surface area contributed by atoms with E-state index in [0.717, 1.165) is 58.3 Å². The van der Waals surface area contributed by atoms with Crippen molar-refractivity contribution in [2.75, 3.05) is 4.90 Å². The fraction of sp³-hybridized carbons (Fsp3) is 0.0725. The molecule has 0 saturated heterocycles. The largest absolute Gasteiger partial charge is 0.450 e. The monoisotopic (exact) mass is 921 g/mol. The third-order valence-electron chi connectivity index (χ3n) is 16.1. The summed E-state index contributed by atoms with van der Waals surface area (Å²) in [7, 11) is 0. The number of fused-ring (bicyclic) bond motifs is 13. The second-order valence-corrected chi connectivity index (χ2v) is 19.8. The first-order valence-electron chi connectivity index (χ1n) is 25.3. The summed E-state index contributed by atoms with van der Waals surface area (Å²) in [5.74, 6) is 3.64. The van der Waals surface area contributed by atoms with Gasteiger partial charge in [0, 0.05) is 28.9 Å². The minimum Gasteiger partial charge on any atom is -0.450 e. The van der Waals surface area contributed by atoms with Crippen LogP contribution < -0.4 is 14.4 Å². The van der Waals surface area contributed by atoms with Gasteiger partial charge in [0.15, 0.2) is 23.0 Å². The number of rotatable bonds is 6. The van der Waals surface area contributed by atoms with E-state index in [-0.39, 0.29) is 5.41 Å². The summed E-state index contributed by atoms with van der Waals surface area (Å²) in [5, 5.41) is 4.98. The van der Waals surface area contributed by atoms with Gasteiger partial charge in [-0.05, 0) is 156 Å². The normalized spacial score (nSPS) is 18.5. The molecule has 1 heterocycles. The van der Waals surface area contributed by atoms with Crippen molar-refractivity contribution in [3.05, 3.63) is 271 Å². The highest BCUT2D eigenvalue weighted by Gasteiger charge is 2.58. The SMILES string of the molecule is C1=CC2C3=C(C=CCC3)C3(c4ccccc4-c4cc5c(cc43)Oc3ccc(-c4ccc(N(c6ccc(-c7cccc8ccccc78)cc6)c6ccc(-c7cccc8ccccc78)cc6)cc4)cc3O5)C2C=C1. The summed E-state index contributed by atoms with van der Waals surface area (Å²) < 4.78 is 13.7. The quantitative estimate of drug-likeness (QED) is 0.166. The van der Waals surface area contributed by atoms with Crippen LogP contribution in [0.2, 0.25) is 0 Å².